The van der Waals surface area contributed by atoms with E-state index in [2.05, 4.69) is 20.9 Å². The first-order valence-electron chi connectivity index (χ1n) is 5.04. The van der Waals surface area contributed by atoms with Crippen molar-refractivity contribution in [1.29, 1.82) is 0 Å². The van der Waals surface area contributed by atoms with Crippen LogP contribution in [0.5, 0.6) is 0 Å². The number of fused-ring (bicyclic) bond motifs is 1. The van der Waals surface area contributed by atoms with Crippen LogP contribution in [-0.4, -0.2) is 17.6 Å². The molecule has 0 aliphatic carbocycles. The Hall–Kier alpha value is -1.13. The molecule has 0 amide bonds. The van der Waals surface area contributed by atoms with Crippen molar-refractivity contribution < 1.29 is 9.53 Å². The lowest BCUT2D eigenvalue weighted by molar-refractivity contribution is 0.0520. The molecule has 0 atom stereocenters. The molecule has 1 aromatic heterocycles. The van der Waals surface area contributed by atoms with Gasteiger partial charge in [0.2, 0.25) is 0 Å². The van der Waals surface area contributed by atoms with Gasteiger partial charge < -0.3 is 4.74 Å². The van der Waals surface area contributed by atoms with Gasteiger partial charge in [0, 0.05) is 14.9 Å². The van der Waals surface area contributed by atoms with Gasteiger partial charge in [-0.25, -0.2) is 9.78 Å². The van der Waals surface area contributed by atoms with E-state index in [0.29, 0.717) is 17.1 Å². The number of halogens is 2. The van der Waals surface area contributed by atoms with Gasteiger partial charge in [0.15, 0.2) is 0 Å². The van der Waals surface area contributed by atoms with Gasteiger partial charge in [-0.15, -0.1) is 0 Å². The number of nitrogens with zero attached hydrogens (tertiary/aromatic N) is 1. The summed E-state index contributed by atoms with van der Waals surface area (Å²) in [6.45, 7) is 2.08. The zero-order valence-corrected chi connectivity index (χ0v) is 11.4. The van der Waals surface area contributed by atoms with Gasteiger partial charge >= 0.3 is 5.97 Å². The van der Waals surface area contributed by atoms with Crippen LogP contribution in [0.4, 0.5) is 0 Å². The minimum absolute atomic E-state index is 0.272. The molecule has 5 heteroatoms. The number of pyridine rings is 1. The van der Waals surface area contributed by atoms with E-state index in [1.54, 1.807) is 25.1 Å². The number of rotatable bonds is 2. The maximum absolute atomic E-state index is 11.6. The molecule has 3 nitrogen and oxygen atoms in total. The summed E-state index contributed by atoms with van der Waals surface area (Å²) in [5.41, 5.74) is 0.934. The summed E-state index contributed by atoms with van der Waals surface area (Å²) >= 11 is 9.29. The second-order valence-corrected chi connectivity index (χ2v) is 4.66. The molecule has 0 spiro atoms. The average Bonchev–Trinajstić information content (AvgIpc) is 2.28. The molecule has 0 aliphatic rings. The molecular formula is C12H9BrClNO2. The standard InChI is InChI=1S/C12H9BrClNO2/c1-2-17-12(16)11-6-9(13)8-4-3-7(14)5-10(8)15-11/h3-6H,2H2,1H3. The van der Waals surface area contributed by atoms with E-state index >= 15 is 0 Å². The number of carbonyl (C=O) groups is 1. The number of esters is 1. The molecule has 0 saturated heterocycles. The molecule has 0 bridgehead atoms. The predicted octanol–water partition coefficient (Wildman–Crippen LogP) is 3.83. The lowest BCUT2D eigenvalue weighted by Gasteiger charge is -2.05. The summed E-state index contributed by atoms with van der Waals surface area (Å²) < 4.78 is 5.70. The van der Waals surface area contributed by atoms with Crippen LogP contribution in [0.15, 0.2) is 28.7 Å². The smallest absolute Gasteiger partial charge is 0.356 e. The molecule has 0 aliphatic heterocycles. The second-order valence-electron chi connectivity index (χ2n) is 3.37. The molecule has 88 valence electrons. The predicted molar refractivity (Wildman–Crippen MR) is 70.4 cm³/mol. The lowest BCUT2D eigenvalue weighted by atomic mass is 10.2. The molecule has 0 radical (unpaired) electrons. The van der Waals surface area contributed by atoms with Crippen molar-refractivity contribution in [1.82, 2.24) is 4.98 Å². The van der Waals surface area contributed by atoms with E-state index < -0.39 is 5.97 Å². The van der Waals surface area contributed by atoms with Crippen molar-refractivity contribution in [3.63, 3.8) is 0 Å². The van der Waals surface area contributed by atoms with E-state index in [1.165, 1.54) is 0 Å². The van der Waals surface area contributed by atoms with Crippen molar-refractivity contribution in [3.05, 3.63) is 39.5 Å². The van der Waals surface area contributed by atoms with Crippen LogP contribution in [0, 0.1) is 0 Å². The number of aromatic nitrogens is 1. The van der Waals surface area contributed by atoms with Crippen LogP contribution in [0.3, 0.4) is 0 Å². The summed E-state index contributed by atoms with van der Waals surface area (Å²) in [5.74, 6) is -0.435. The number of hydrogen-bond acceptors (Lipinski definition) is 3. The average molecular weight is 315 g/mol. The van der Waals surface area contributed by atoms with Gasteiger partial charge in [-0.3, -0.25) is 0 Å². The Balaban J connectivity index is 2.57. The highest BCUT2D eigenvalue weighted by atomic mass is 79.9. The molecule has 0 fully saturated rings. The molecule has 2 aromatic rings. The molecular weight excluding hydrogens is 305 g/mol. The van der Waals surface area contributed by atoms with Crippen molar-refractivity contribution >= 4 is 44.4 Å². The van der Waals surface area contributed by atoms with Gasteiger partial charge in [0.1, 0.15) is 5.69 Å². The third-order valence-corrected chi connectivity index (χ3v) is 3.10. The van der Waals surface area contributed by atoms with Crippen molar-refractivity contribution in [2.75, 3.05) is 6.61 Å². The van der Waals surface area contributed by atoms with Crippen molar-refractivity contribution in [2.45, 2.75) is 6.92 Å². The number of carbonyl (C=O) groups excluding carboxylic acids is 1. The highest BCUT2D eigenvalue weighted by Gasteiger charge is 2.11. The first-order chi connectivity index (χ1) is 8.11. The van der Waals surface area contributed by atoms with Gasteiger partial charge in [-0.2, -0.15) is 0 Å². The zero-order chi connectivity index (χ0) is 12.4. The van der Waals surface area contributed by atoms with Crippen LogP contribution in [0.2, 0.25) is 5.02 Å². The van der Waals surface area contributed by atoms with Crippen LogP contribution < -0.4 is 0 Å². The van der Waals surface area contributed by atoms with E-state index in [9.17, 15) is 4.79 Å². The van der Waals surface area contributed by atoms with Crippen LogP contribution in [-0.2, 0) is 4.74 Å². The summed E-state index contributed by atoms with van der Waals surface area (Å²) in [7, 11) is 0. The van der Waals surface area contributed by atoms with Gasteiger partial charge in [-0.05, 0) is 25.1 Å². The zero-order valence-electron chi connectivity index (χ0n) is 9.04. The molecule has 0 N–H and O–H groups in total. The van der Waals surface area contributed by atoms with Gasteiger partial charge in [-0.1, -0.05) is 33.6 Å². The third-order valence-electron chi connectivity index (χ3n) is 2.21. The van der Waals surface area contributed by atoms with E-state index in [0.717, 1.165) is 9.86 Å². The maximum atomic E-state index is 11.6. The Labute approximate surface area is 112 Å². The number of benzene rings is 1. The van der Waals surface area contributed by atoms with Crippen LogP contribution in [0.25, 0.3) is 10.9 Å². The maximum Gasteiger partial charge on any atom is 0.356 e. The fourth-order valence-corrected chi connectivity index (χ4v) is 2.19. The third kappa shape index (κ3) is 2.58. The van der Waals surface area contributed by atoms with Crippen molar-refractivity contribution in [2.24, 2.45) is 0 Å². The topological polar surface area (TPSA) is 39.2 Å². The quantitative estimate of drug-likeness (QED) is 0.791. The SMILES string of the molecule is CCOC(=O)c1cc(Br)c2ccc(Cl)cc2n1. The highest BCUT2D eigenvalue weighted by Crippen LogP contribution is 2.26. The first-order valence-corrected chi connectivity index (χ1v) is 6.22. The highest BCUT2D eigenvalue weighted by molar-refractivity contribution is 9.10. The van der Waals surface area contributed by atoms with Gasteiger partial charge in [0.05, 0.1) is 12.1 Å². The van der Waals surface area contributed by atoms with E-state index in [1.807, 2.05) is 6.07 Å². The van der Waals surface area contributed by atoms with Crippen LogP contribution in [0.1, 0.15) is 17.4 Å². The van der Waals surface area contributed by atoms with Gasteiger partial charge in [0.25, 0.3) is 0 Å². The summed E-state index contributed by atoms with van der Waals surface area (Å²) in [6, 6.07) is 6.99. The van der Waals surface area contributed by atoms with E-state index in [4.69, 9.17) is 16.3 Å². The molecule has 17 heavy (non-hydrogen) atoms. The molecule has 1 heterocycles. The molecule has 1 aromatic carbocycles. The van der Waals surface area contributed by atoms with Crippen LogP contribution >= 0.6 is 27.5 Å². The summed E-state index contributed by atoms with van der Waals surface area (Å²) in [4.78, 5) is 15.8. The molecule has 0 saturated carbocycles. The molecule has 2 rings (SSSR count). The first kappa shape index (κ1) is 12.3. The Morgan fingerprint density at radius 1 is 1.47 bits per heavy atom. The Bertz CT molecular complexity index is 586. The fourth-order valence-electron chi connectivity index (χ4n) is 1.47. The Kier molecular flexibility index (Phi) is 3.64. The Morgan fingerprint density at radius 3 is 2.94 bits per heavy atom. The van der Waals surface area contributed by atoms with Crippen molar-refractivity contribution in [3.8, 4) is 0 Å². The second kappa shape index (κ2) is 5.02. The minimum Gasteiger partial charge on any atom is -0.461 e. The summed E-state index contributed by atoms with van der Waals surface area (Å²) in [6.07, 6.45) is 0. The van der Waals surface area contributed by atoms with E-state index in [-0.39, 0.29) is 5.69 Å². The number of ether oxygens (including phenoxy) is 1. The minimum atomic E-state index is -0.435. The fraction of sp³-hybridized carbons (Fsp3) is 0.167. The lowest BCUT2D eigenvalue weighted by Crippen LogP contribution is -2.07. The Morgan fingerprint density at radius 2 is 2.24 bits per heavy atom. The normalized spacial score (nSPS) is 10.5. The number of hydrogen-bond donors (Lipinski definition) is 0. The summed E-state index contributed by atoms with van der Waals surface area (Å²) in [5, 5.41) is 1.49. The molecule has 0 unspecified atom stereocenters. The largest absolute Gasteiger partial charge is 0.461 e. The monoisotopic (exact) mass is 313 g/mol.